The summed E-state index contributed by atoms with van der Waals surface area (Å²) in [5, 5.41) is 11.7. The first-order chi connectivity index (χ1) is 18.8. The van der Waals surface area contributed by atoms with Crippen molar-refractivity contribution in [3.8, 4) is 27.3 Å². The minimum absolute atomic E-state index is 0.168. The fraction of sp³-hybridized carbons (Fsp3) is 0.276. The number of carbonyl (C=O) groups is 1. The van der Waals surface area contributed by atoms with Crippen LogP contribution < -0.4 is 9.46 Å². The minimum atomic E-state index is -3.67. The molecule has 2 N–H and O–H groups in total. The monoisotopic (exact) mass is 561 g/mol. The molecule has 2 aliphatic rings. The number of aliphatic hydroxyl groups is 1. The van der Waals surface area contributed by atoms with Gasteiger partial charge < -0.3 is 9.84 Å². The van der Waals surface area contributed by atoms with Gasteiger partial charge in [-0.25, -0.2) is 18.1 Å². The van der Waals surface area contributed by atoms with Crippen LogP contribution in [0.4, 0.5) is 0 Å². The third kappa shape index (κ3) is 5.32. The first kappa shape index (κ1) is 25.7. The molecule has 1 unspecified atom stereocenters. The number of thiazole rings is 1. The van der Waals surface area contributed by atoms with Crippen molar-refractivity contribution in [1.82, 2.24) is 14.7 Å². The smallest absolute Gasteiger partial charge is 0.265 e. The summed E-state index contributed by atoms with van der Waals surface area (Å²) in [5.74, 6) is -0.279. The van der Waals surface area contributed by atoms with Crippen molar-refractivity contribution in [3.63, 3.8) is 0 Å². The third-order valence-corrected chi connectivity index (χ3v) is 9.90. The summed E-state index contributed by atoms with van der Waals surface area (Å²) in [6, 6.07) is 16.3. The number of aliphatic hydroxyl groups excluding tert-OH is 1. The van der Waals surface area contributed by atoms with E-state index >= 15 is 0 Å². The maximum atomic E-state index is 12.9. The molecule has 39 heavy (non-hydrogen) atoms. The van der Waals surface area contributed by atoms with E-state index in [2.05, 4.69) is 14.7 Å². The molecule has 2 aromatic heterocycles. The van der Waals surface area contributed by atoms with Crippen molar-refractivity contribution < 1.29 is 23.1 Å². The Hall–Kier alpha value is -3.60. The molecule has 0 bridgehead atoms. The largest absolute Gasteiger partial charge is 0.493 e. The Balaban J connectivity index is 1.19. The number of sulfonamides is 1. The Kier molecular flexibility index (Phi) is 6.70. The number of hydrogen-bond acceptors (Lipinski definition) is 8. The lowest BCUT2D eigenvalue weighted by molar-refractivity contribution is 0.0503. The van der Waals surface area contributed by atoms with Crippen LogP contribution in [0.1, 0.15) is 45.6 Å². The van der Waals surface area contributed by atoms with Crippen LogP contribution >= 0.6 is 11.3 Å². The number of nitrogens with zero attached hydrogens (tertiary/aromatic N) is 2. The lowest BCUT2D eigenvalue weighted by atomic mass is 9.88. The van der Waals surface area contributed by atoms with Crippen LogP contribution in [-0.4, -0.2) is 41.3 Å². The van der Waals surface area contributed by atoms with Gasteiger partial charge in [-0.1, -0.05) is 36.4 Å². The molecule has 1 amide bonds. The van der Waals surface area contributed by atoms with E-state index in [1.165, 1.54) is 0 Å². The van der Waals surface area contributed by atoms with E-state index in [-0.39, 0.29) is 11.5 Å². The maximum absolute atomic E-state index is 12.9. The van der Waals surface area contributed by atoms with E-state index in [0.717, 1.165) is 21.1 Å². The van der Waals surface area contributed by atoms with Gasteiger partial charge in [0.15, 0.2) is 0 Å². The predicted octanol–water partition coefficient (Wildman–Crippen LogP) is 4.69. The van der Waals surface area contributed by atoms with Gasteiger partial charge in [0, 0.05) is 40.7 Å². The van der Waals surface area contributed by atoms with Crippen molar-refractivity contribution >= 4 is 27.3 Å². The number of aryl methyl sites for hydroxylation is 1. The first-order valence-corrected chi connectivity index (χ1v) is 15.1. The molecule has 1 fully saturated rings. The zero-order valence-electron chi connectivity index (χ0n) is 21.2. The van der Waals surface area contributed by atoms with Crippen molar-refractivity contribution in [2.75, 3.05) is 6.61 Å². The highest BCUT2D eigenvalue weighted by Crippen LogP contribution is 2.40. The van der Waals surface area contributed by atoms with E-state index in [0.29, 0.717) is 48.3 Å². The lowest BCUT2D eigenvalue weighted by Gasteiger charge is -2.30. The van der Waals surface area contributed by atoms with E-state index in [1.54, 1.807) is 47.7 Å². The topological polar surface area (TPSA) is 118 Å². The quantitative estimate of drug-likeness (QED) is 0.336. The Bertz CT molecular complexity index is 1650. The minimum Gasteiger partial charge on any atom is -0.493 e. The number of rotatable bonds is 7. The molecule has 2 atom stereocenters. The first-order valence-electron chi connectivity index (χ1n) is 12.8. The zero-order chi connectivity index (χ0) is 27.1. The van der Waals surface area contributed by atoms with Crippen LogP contribution in [0.25, 0.3) is 21.6 Å². The number of aromatic nitrogens is 2. The highest BCUT2D eigenvalue weighted by atomic mass is 32.2. The van der Waals surface area contributed by atoms with Gasteiger partial charge >= 0.3 is 0 Å². The molecule has 1 aliphatic carbocycles. The van der Waals surface area contributed by atoms with Crippen LogP contribution in [0, 0.1) is 12.8 Å². The second-order valence-corrected chi connectivity index (χ2v) is 13.2. The number of hydrogen-bond donors (Lipinski definition) is 2. The van der Waals surface area contributed by atoms with Crippen molar-refractivity contribution in [1.29, 1.82) is 0 Å². The maximum Gasteiger partial charge on any atom is 0.265 e. The molecule has 0 saturated heterocycles. The fourth-order valence-corrected chi connectivity index (χ4v) is 6.88. The molecular weight excluding hydrogens is 534 g/mol. The molecule has 200 valence electrons. The molecule has 2 aromatic carbocycles. The van der Waals surface area contributed by atoms with Crippen molar-refractivity contribution in [2.45, 2.75) is 37.5 Å². The predicted molar refractivity (Wildman–Crippen MR) is 149 cm³/mol. The van der Waals surface area contributed by atoms with E-state index in [1.807, 2.05) is 37.5 Å². The summed E-state index contributed by atoms with van der Waals surface area (Å²) in [6.07, 6.45) is 4.65. The normalized spacial score (nSPS) is 18.7. The number of benzene rings is 2. The highest BCUT2D eigenvalue weighted by Gasteiger charge is 2.37. The van der Waals surface area contributed by atoms with E-state index < -0.39 is 27.3 Å². The number of nitrogens with one attached hydrogen (secondary N) is 1. The van der Waals surface area contributed by atoms with Gasteiger partial charge in [0.2, 0.25) is 10.0 Å². The average molecular weight is 562 g/mol. The third-order valence-electron chi connectivity index (χ3n) is 7.11. The Morgan fingerprint density at radius 1 is 1.08 bits per heavy atom. The van der Waals surface area contributed by atoms with Gasteiger partial charge in [-0.2, -0.15) is 0 Å². The number of carbonyl (C=O) groups excluding carboxylic acids is 1. The van der Waals surface area contributed by atoms with Gasteiger partial charge in [-0.3, -0.25) is 9.78 Å². The van der Waals surface area contributed by atoms with Gasteiger partial charge in [-0.15, -0.1) is 11.3 Å². The van der Waals surface area contributed by atoms with Gasteiger partial charge in [0.05, 0.1) is 27.8 Å². The molecule has 6 rings (SSSR count). The summed E-state index contributed by atoms with van der Waals surface area (Å²) in [4.78, 5) is 22.8. The molecule has 10 heteroatoms. The number of fused-ring (bicyclic) bond motifs is 1. The summed E-state index contributed by atoms with van der Waals surface area (Å²) >= 11 is 1.62. The number of pyridine rings is 1. The number of amides is 1. The zero-order valence-corrected chi connectivity index (χ0v) is 22.8. The number of ether oxygens (including phenoxy) is 1. The van der Waals surface area contributed by atoms with Crippen LogP contribution in [0.3, 0.4) is 0 Å². The lowest BCUT2D eigenvalue weighted by Crippen LogP contribution is -2.33. The van der Waals surface area contributed by atoms with Crippen LogP contribution in [0.5, 0.6) is 5.75 Å². The SMILES string of the molecule is Cc1ncc(-c2ccc(CC3COc4cc(-c5ccccc5C(=O)NS(=O)(=O)C5CC5)ccc4[C@@H]3O)nc2)s1. The molecule has 0 radical (unpaired) electrons. The van der Waals surface area contributed by atoms with Gasteiger partial charge in [-0.05, 0) is 55.5 Å². The molecule has 1 aliphatic heterocycles. The second kappa shape index (κ2) is 10.2. The average Bonchev–Trinajstić information content (AvgIpc) is 3.72. The fourth-order valence-electron chi connectivity index (χ4n) is 4.82. The van der Waals surface area contributed by atoms with Crippen LogP contribution in [0.15, 0.2) is 67.0 Å². The summed E-state index contributed by atoms with van der Waals surface area (Å²) in [5.41, 5.74) is 4.11. The molecule has 3 heterocycles. The molecule has 8 nitrogen and oxygen atoms in total. The second-order valence-electron chi connectivity index (χ2n) is 9.98. The standard InChI is InChI=1S/C29H27N3O5S2/c1-17-30-15-27(38-17)19-6-8-21(31-14-19)12-20-16-37-26-13-18(7-11-25(26)28(20)33)23-4-2-3-5-24(23)29(34)32-39(35,36)22-9-10-22/h2-8,11,13-15,20,22,28,33H,9-10,12,16H2,1H3,(H,32,34)/t20?,28-/m1/s1. The molecule has 1 saturated carbocycles. The van der Waals surface area contributed by atoms with E-state index in [4.69, 9.17) is 4.74 Å². The van der Waals surface area contributed by atoms with Crippen molar-refractivity contribution in [3.05, 3.63) is 88.8 Å². The van der Waals surface area contributed by atoms with Crippen LogP contribution in [-0.2, 0) is 16.4 Å². The van der Waals surface area contributed by atoms with Crippen LogP contribution in [0.2, 0.25) is 0 Å². The molecule has 0 spiro atoms. The van der Waals surface area contributed by atoms with Crippen molar-refractivity contribution in [2.24, 2.45) is 5.92 Å². The van der Waals surface area contributed by atoms with E-state index in [9.17, 15) is 18.3 Å². The Labute approximate surface area is 230 Å². The highest BCUT2D eigenvalue weighted by molar-refractivity contribution is 7.91. The Morgan fingerprint density at radius 2 is 1.87 bits per heavy atom. The molecule has 4 aromatic rings. The summed E-state index contributed by atoms with van der Waals surface area (Å²) < 4.78 is 32.9. The molecular formula is C29H27N3O5S2. The van der Waals surface area contributed by atoms with Gasteiger partial charge in [0.1, 0.15) is 5.75 Å². The van der Waals surface area contributed by atoms with Gasteiger partial charge in [0.25, 0.3) is 5.91 Å². The summed E-state index contributed by atoms with van der Waals surface area (Å²) in [6.45, 7) is 2.29. The Morgan fingerprint density at radius 3 is 2.59 bits per heavy atom. The summed E-state index contributed by atoms with van der Waals surface area (Å²) in [7, 11) is -3.67.